The largest absolute Gasteiger partial charge is 0.296 e. The van der Waals surface area contributed by atoms with Crippen LogP contribution in [-0.4, -0.2) is 16.1 Å². The molecule has 1 amide bonds. The minimum Gasteiger partial charge on any atom is -0.296 e. The summed E-state index contributed by atoms with van der Waals surface area (Å²) in [4.78, 5) is 14.2. The first-order valence-corrected chi connectivity index (χ1v) is 11.9. The molecule has 2 aromatic rings. The smallest absolute Gasteiger partial charge is 0.258 e. The number of amides is 1. The minimum atomic E-state index is -0.0203. The zero-order chi connectivity index (χ0) is 19.0. The van der Waals surface area contributed by atoms with Crippen molar-refractivity contribution >= 4 is 33.7 Å². The number of fused-ring (bicyclic) bond motifs is 1. The fraction of sp³-hybridized carbons (Fsp3) is 0.667. The van der Waals surface area contributed by atoms with E-state index in [1.54, 1.807) is 22.7 Å². The van der Waals surface area contributed by atoms with E-state index in [0.29, 0.717) is 22.4 Å². The van der Waals surface area contributed by atoms with E-state index >= 15 is 0 Å². The molecule has 1 N–H and O–H groups in total. The van der Waals surface area contributed by atoms with Gasteiger partial charge in [0.2, 0.25) is 5.13 Å². The number of rotatable bonds is 3. The number of nitrogens with one attached hydrogen (secondary N) is 1. The zero-order valence-corrected chi connectivity index (χ0v) is 18.1. The number of anilines is 1. The highest BCUT2D eigenvalue weighted by atomic mass is 32.1. The Balaban J connectivity index is 1.44. The van der Waals surface area contributed by atoms with Crippen LogP contribution in [0.3, 0.4) is 0 Å². The first-order valence-electron chi connectivity index (χ1n) is 10.2. The average molecular weight is 404 g/mol. The maximum atomic E-state index is 12.8. The number of carbonyl (C=O) groups is 1. The molecular formula is C21H29N3OS2. The van der Waals surface area contributed by atoms with Crippen molar-refractivity contribution < 1.29 is 4.79 Å². The predicted molar refractivity (Wildman–Crippen MR) is 113 cm³/mol. The summed E-state index contributed by atoms with van der Waals surface area (Å²) in [6, 6.07) is 0. The van der Waals surface area contributed by atoms with E-state index in [0.717, 1.165) is 29.8 Å². The predicted octanol–water partition coefficient (Wildman–Crippen LogP) is 6.05. The van der Waals surface area contributed by atoms with Crippen molar-refractivity contribution in [3.63, 3.8) is 0 Å². The Labute approximate surface area is 169 Å². The standard InChI is InChI=1S/C21H29N3OS2/c1-21(2,3)14-9-10-15-16(12-26-17(15)11-14)18(25)22-20-24-23-19(27-20)13-7-5-4-6-8-13/h12-14H,4-11H2,1-3H3,(H,22,24,25)/t14-/m1/s1. The number of hydrogen-bond donors (Lipinski definition) is 1. The molecule has 0 radical (unpaired) electrons. The lowest BCUT2D eigenvalue weighted by molar-refractivity contribution is 0.102. The second kappa shape index (κ2) is 7.63. The van der Waals surface area contributed by atoms with Crippen LogP contribution in [0.5, 0.6) is 0 Å². The Morgan fingerprint density at radius 3 is 2.67 bits per heavy atom. The van der Waals surface area contributed by atoms with Crippen LogP contribution in [0.1, 0.15) is 91.0 Å². The van der Waals surface area contributed by atoms with E-state index in [9.17, 15) is 4.79 Å². The summed E-state index contributed by atoms with van der Waals surface area (Å²) in [6.45, 7) is 6.97. The molecule has 0 bridgehead atoms. The molecule has 2 aromatic heterocycles. The summed E-state index contributed by atoms with van der Waals surface area (Å²) in [6.07, 6.45) is 9.57. The van der Waals surface area contributed by atoms with Crippen molar-refractivity contribution in [2.45, 2.75) is 78.1 Å². The van der Waals surface area contributed by atoms with Gasteiger partial charge in [-0.2, -0.15) is 0 Å². The van der Waals surface area contributed by atoms with Gasteiger partial charge in [0, 0.05) is 16.2 Å². The zero-order valence-electron chi connectivity index (χ0n) is 16.5. The summed E-state index contributed by atoms with van der Waals surface area (Å²) in [5.41, 5.74) is 2.43. The molecular weight excluding hydrogens is 374 g/mol. The number of hydrogen-bond acceptors (Lipinski definition) is 5. The van der Waals surface area contributed by atoms with Gasteiger partial charge in [-0.05, 0) is 49.0 Å². The van der Waals surface area contributed by atoms with Crippen molar-refractivity contribution in [1.29, 1.82) is 0 Å². The summed E-state index contributed by atoms with van der Waals surface area (Å²) < 4.78 is 0. The average Bonchev–Trinajstić information content (AvgIpc) is 3.28. The Morgan fingerprint density at radius 1 is 1.15 bits per heavy atom. The highest BCUT2D eigenvalue weighted by Crippen LogP contribution is 2.41. The molecule has 1 fully saturated rings. The van der Waals surface area contributed by atoms with Gasteiger partial charge in [0.25, 0.3) is 5.91 Å². The molecule has 2 heterocycles. The third kappa shape index (κ3) is 4.11. The summed E-state index contributed by atoms with van der Waals surface area (Å²) in [5.74, 6) is 1.21. The van der Waals surface area contributed by atoms with E-state index in [2.05, 4.69) is 36.3 Å². The molecule has 4 nitrogen and oxygen atoms in total. The van der Waals surface area contributed by atoms with Gasteiger partial charge in [-0.1, -0.05) is 51.4 Å². The van der Waals surface area contributed by atoms with Crippen molar-refractivity contribution in [3.8, 4) is 0 Å². The first kappa shape index (κ1) is 19.1. The second-order valence-corrected chi connectivity index (χ2v) is 11.1. The van der Waals surface area contributed by atoms with Crippen molar-refractivity contribution in [3.05, 3.63) is 26.4 Å². The normalized spacial score (nSPS) is 21.1. The molecule has 27 heavy (non-hydrogen) atoms. The number of thiophene rings is 1. The number of carbonyl (C=O) groups excluding carboxylic acids is 1. The molecule has 0 saturated heterocycles. The molecule has 2 aliphatic rings. The topological polar surface area (TPSA) is 54.9 Å². The second-order valence-electron chi connectivity index (χ2n) is 9.09. The Hall–Kier alpha value is -1.27. The molecule has 0 aliphatic heterocycles. The highest BCUT2D eigenvalue weighted by Gasteiger charge is 2.32. The van der Waals surface area contributed by atoms with E-state index in [4.69, 9.17) is 0 Å². The van der Waals surface area contributed by atoms with Gasteiger partial charge in [0.1, 0.15) is 5.01 Å². The van der Waals surface area contributed by atoms with Gasteiger partial charge < -0.3 is 0 Å². The maximum Gasteiger partial charge on any atom is 0.258 e. The van der Waals surface area contributed by atoms with E-state index in [1.807, 2.05) is 5.38 Å². The third-order valence-corrected chi connectivity index (χ3v) is 8.29. The van der Waals surface area contributed by atoms with Crippen LogP contribution < -0.4 is 5.32 Å². The monoisotopic (exact) mass is 403 g/mol. The van der Waals surface area contributed by atoms with Gasteiger partial charge in [-0.15, -0.1) is 21.5 Å². The molecule has 2 aliphatic carbocycles. The SMILES string of the molecule is CC(C)(C)[C@@H]1CCc2c(C(=O)Nc3nnc(C4CCCCC4)s3)csc2C1. The number of nitrogens with zero attached hydrogens (tertiary/aromatic N) is 2. The lowest BCUT2D eigenvalue weighted by atomic mass is 9.72. The lowest BCUT2D eigenvalue weighted by Crippen LogP contribution is -2.27. The van der Waals surface area contributed by atoms with Crippen LogP contribution in [0.2, 0.25) is 0 Å². The van der Waals surface area contributed by atoms with Crippen molar-refractivity contribution in [1.82, 2.24) is 10.2 Å². The van der Waals surface area contributed by atoms with Crippen LogP contribution in [-0.2, 0) is 12.8 Å². The minimum absolute atomic E-state index is 0.0203. The Bertz CT molecular complexity index is 812. The third-order valence-electron chi connectivity index (χ3n) is 6.24. The van der Waals surface area contributed by atoms with Gasteiger partial charge in [-0.25, -0.2) is 0 Å². The molecule has 6 heteroatoms. The summed E-state index contributed by atoms with van der Waals surface area (Å²) in [7, 11) is 0. The molecule has 0 aromatic carbocycles. The first-order chi connectivity index (χ1) is 12.9. The van der Waals surface area contributed by atoms with Crippen LogP contribution in [0.15, 0.2) is 5.38 Å². The fourth-order valence-corrected chi connectivity index (χ4v) is 6.47. The quantitative estimate of drug-likeness (QED) is 0.678. The van der Waals surface area contributed by atoms with Gasteiger partial charge in [-0.3, -0.25) is 10.1 Å². The van der Waals surface area contributed by atoms with Gasteiger partial charge in [0.15, 0.2) is 0 Å². The summed E-state index contributed by atoms with van der Waals surface area (Å²) in [5, 5.41) is 15.4. The maximum absolute atomic E-state index is 12.8. The molecule has 146 valence electrons. The van der Waals surface area contributed by atoms with Crippen LogP contribution in [0, 0.1) is 11.3 Å². The molecule has 4 rings (SSSR count). The van der Waals surface area contributed by atoms with Gasteiger partial charge >= 0.3 is 0 Å². The highest BCUT2D eigenvalue weighted by molar-refractivity contribution is 7.15. The van der Waals surface area contributed by atoms with Crippen LogP contribution >= 0.6 is 22.7 Å². The van der Waals surface area contributed by atoms with E-state index < -0.39 is 0 Å². The van der Waals surface area contributed by atoms with Crippen molar-refractivity contribution in [2.75, 3.05) is 5.32 Å². The molecule has 0 spiro atoms. The molecule has 0 unspecified atom stereocenters. The van der Waals surface area contributed by atoms with Crippen LogP contribution in [0.4, 0.5) is 5.13 Å². The Kier molecular flexibility index (Phi) is 5.39. The van der Waals surface area contributed by atoms with Crippen molar-refractivity contribution in [2.24, 2.45) is 11.3 Å². The Morgan fingerprint density at radius 2 is 1.93 bits per heavy atom. The fourth-order valence-electron chi connectivity index (χ4n) is 4.41. The molecule has 1 atom stereocenters. The lowest BCUT2D eigenvalue weighted by Gasteiger charge is -2.34. The summed E-state index contributed by atoms with van der Waals surface area (Å²) >= 11 is 3.30. The van der Waals surface area contributed by atoms with E-state index in [-0.39, 0.29) is 5.91 Å². The van der Waals surface area contributed by atoms with Crippen LogP contribution in [0.25, 0.3) is 0 Å². The van der Waals surface area contributed by atoms with Gasteiger partial charge in [0.05, 0.1) is 5.56 Å². The molecule has 1 saturated carbocycles. The van der Waals surface area contributed by atoms with E-state index in [1.165, 1.54) is 42.5 Å². The number of aromatic nitrogens is 2.